The highest BCUT2D eigenvalue weighted by atomic mass is 16.4. The molecule has 3 rings (SSSR count). The van der Waals surface area contributed by atoms with Crippen molar-refractivity contribution >= 4 is 23.1 Å². The van der Waals surface area contributed by atoms with Crippen LogP contribution in [-0.4, -0.2) is 23.8 Å². The van der Waals surface area contributed by atoms with Crippen molar-refractivity contribution in [2.75, 3.05) is 7.05 Å². The van der Waals surface area contributed by atoms with Crippen LogP contribution >= 0.6 is 0 Å². The Hall–Kier alpha value is -2.46. The van der Waals surface area contributed by atoms with Gasteiger partial charge in [0.1, 0.15) is 7.05 Å². The minimum Gasteiger partial charge on any atom is -0.476 e. The highest BCUT2D eigenvalue weighted by Crippen LogP contribution is 2.40. The van der Waals surface area contributed by atoms with Crippen LogP contribution in [-0.2, 0) is 4.79 Å². The van der Waals surface area contributed by atoms with Crippen LogP contribution in [0.1, 0.15) is 5.56 Å². The summed E-state index contributed by atoms with van der Waals surface area (Å²) in [4.78, 5) is 11.3. The average molecular weight is 253 g/mol. The van der Waals surface area contributed by atoms with Gasteiger partial charge in [-0.25, -0.2) is 4.79 Å². The van der Waals surface area contributed by atoms with Gasteiger partial charge in [-0.2, -0.15) is 0 Å². The quantitative estimate of drug-likeness (QED) is 0.837. The summed E-state index contributed by atoms with van der Waals surface area (Å²) < 4.78 is 0.138. The standard InChI is InChI=1S/C15H12N2O2/c1-17(11-7-3-2-4-8-11)13-10-6-5-9-12(13)14(16-17)15(18)19/h2-10H,1H3/p+1. The average Bonchev–Trinajstić information content (AvgIpc) is 2.76. The Balaban J connectivity index is 2.26. The minimum absolute atomic E-state index is 0.113. The number of rotatable bonds is 2. The number of hydrogen-bond donors (Lipinski definition) is 1. The molecular formula is C15H13N2O2+. The van der Waals surface area contributed by atoms with E-state index in [-0.39, 0.29) is 10.3 Å². The van der Waals surface area contributed by atoms with Gasteiger partial charge in [0.25, 0.3) is 0 Å². The number of fused-ring (bicyclic) bond motifs is 1. The maximum Gasteiger partial charge on any atom is 0.360 e. The van der Waals surface area contributed by atoms with Crippen molar-refractivity contribution in [1.82, 2.24) is 4.59 Å². The number of aliphatic carboxylic acids is 1. The highest BCUT2D eigenvalue weighted by Gasteiger charge is 2.41. The number of hydrogen-bond acceptors (Lipinski definition) is 2. The van der Waals surface area contributed by atoms with Crippen molar-refractivity contribution in [3.63, 3.8) is 0 Å². The van der Waals surface area contributed by atoms with Crippen LogP contribution in [0.4, 0.5) is 11.4 Å². The SMILES string of the molecule is C[N+]1(c2ccccc2)N=C(C(=O)O)c2ccccc21. The van der Waals surface area contributed by atoms with Gasteiger partial charge in [0.05, 0.1) is 5.56 Å². The summed E-state index contributed by atoms with van der Waals surface area (Å²) in [6.07, 6.45) is 0. The largest absolute Gasteiger partial charge is 0.476 e. The zero-order chi connectivity index (χ0) is 13.5. The first kappa shape index (κ1) is 11.6. The summed E-state index contributed by atoms with van der Waals surface area (Å²) in [5, 5.41) is 13.7. The van der Waals surface area contributed by atoms with E-state index in [2.05, 4.69) is 5.10 Å². The number of quaternary nitrogens is 1. The molecule has 1 atom stereocenters. The smallest absolute Gasteiger partial charge is 0.360 e. The first-order chi connectivity index (χ1) is 9.13. The lowest BCUT2D eigenvalue weighted by molar-refractivity contribution is -0.129. The number of nitrogens with zero attached hydrogens (tertiary/aromatic N) is 2. The lowest BCUT2D eigenvalue weighted by Gasteiger charge is -2.23. The van der Waals surface area contributed by atoms with Gasteiger partial charge in [0.2, 0.25) is 5.71 Å². The summed E-state index contributed by atoms with van der Waals surface area (Å²) in [7, 11) is 1.89. The predicted octanol–water partition coefficient (Wildman–Crippen LogP) is 2.76. The number of para-hydroxylation sites is 2. The Labute approximate surface area is 110 Å². The van der Waals surface area contributed by atoms with Gasteiger partial charge in [-0.1, -0.05) is 35.4 Å². The van der Waals surface area contributed by atoms with E-state index < -0.39 is 5.97 Å². The van der Waals surface area contributed by atoms with Crippen LogP contribution in [0.2, 0.25) is 0 Å². The van der Waals surface area contributed by atoms with E-state index in [1.807, 2.05) is 55.6 Å². The lowest BCUT2D eigenvalue weighted by atomic mass is 10.1. The van der Waals surface area contributed by atoms with Crippen molar-refractivity contribution in [3.8, 4) is 0 Å². The van der Waals surface area contributed by atoms with E-state index >= 15 is 0 Å². The molecule has 2 aromatic rings. The van der Waals surface area contributed by atoms with E-state index in [0.29, 0.717) is 5.56 Å². The second-order valence-corrected chi connectivity index (χ2v) is 4.57. The molecule has 94 valence electrons. The second kappa shape index (κ2) is 4.03. The molecule has 4 nitrogen and oxygen atoms in total. The molecule has 1 N–H and O–H groups in total. The Kier molecular flexibility index (Phi) is 2.47. The molecule has 1 heterocycles. The van der Waals surface area contributed by atoms with Gasteiger partial charge in [0.15, 0.2) is 11.4 Å². The van der Waals surface area contributed by atoms with E-state index in [4.69, 9.17) is 0 Å². The molecule has 0 aliphatic carbocycles. The number of carbonyl (C=O) groups is 1. The normalized spacial score (nSPS) is 20.8. The van der Waals surface area contributed by atoms with E-state index in [9.17, 15) is 9.90 Å². The molecule has 0 fully saturated rings. The van der Waals surface area contributed by atoms with Crippen molar-refractivity contribution in [2.45, 2.75) is 0 Å². The molecule has 0 aromatic heterocycles. The lowest BCUT2D eigenvalue weighted by Crippen LogP contribution is -2.31. The Morgan fingerprint density at radius 3 is 2.37 bits per heavy atom. The first-order valence-corrected chi connectivity index (χ1v) is 5.98. The molecule has 1 aliphatic rings. The van der Waals surface area contributed by atoms with Crippen molar-refractivity contribution in [2.24, 2.45) is 5.10 Å². The van der Waals surface area contributed by atoms with Gasteiger partial charge >= 0.3 is 5.97 Å². The van der Waals surface area contributed by atoms with Crippen LogP contribution in [0.5, 0.6) is 0 Å². The van der Waals surface area contributed by atoms with E-state index in [0.717, 1.165) is 11.4 Å². The summed E-state index contributed by atoms with van der Waals surface area (Å²) in [5.74, 6) is -0.995. The fourth-order valence-electron chi connectivity index (χ4n) is 2.43. The van der Waals surface area contributed by atoms with Crippen LogP contribution in [0.25, 0.3) is 0 Å². The van der Waals surface area contributed by atoms with E-state index in [1.54, 1.807) is 6.07 Å². The van der Waals surface area contributed by atoms with Crippen LogP contribution in [0.15, 0.2) is 59.7 Å². The molecule has 4 heteroatoms. The van der Waals surface area contributed by atoms with Gasteiger partial charge < -0.3 is 5.11 Å². The van der Waals surface area contributed by atoms with Gasteiger partial charge in [-0.05, 0) is 6.07 Å². The Morgan fingerprint density at radius 1 is 1.05 bits per heavy atom. The highest BCUT2D eigenvalue weighted by molar-refractivity contribution is 6.44. The van der Waals surface area contributed by atoms with Crippen molar-refractivity contribution in [1.29, 1.82) is 0 Å². The number of carboxylic acid groups (broad SMARTS) is 1. The third-order valence-electron chi connectivity index (χ3n) is 3.39. The predicted molar refractivity (Wildman–Crippen MR) is 74.4 cm³/mol. The molecule has 0 amide bonds. The molecule has 19 heavy (non-hydrogen) atoms. The van der Waals surface area contributed by atoms with Crippen LogP contribution in [0.3, 0.4) is 0 Å². The van der Waals surface area contributed by atoms with Crippen molar-refractivity contribution < 1.29 is 9.90 Å². The van der Waals surface area contributed by atoms with Crippen LogP contribution < -0.4 is 4.59 Å². The molecule has 1 unspecified atom stereocenters. The Bertz CT molecular complexity index is 680. The monoisotopic (exact) mass is 253 g/mol. The minimum atomic E-state index is -0.995. The second-order valence-electron chi connectivity index (χ2n) is 4.57. The van der Waals surface area contributed by atoms with E-state index in [1.165, 1.54) is 0 Å². The number of carboxylic acids is 1. The van der Waals surface area contributed by atoms with Gasteiger partial charge in [-0.15, -0.1) is 4.59 Å². The summed E-state index contributed by atoms with van der Waals surface area (Å²) >= 11 is 0. The van der Waals surface area contributed by atoms with Crippen molar-refractivity contribution in [3.05, 3.63) is 60.2 Å². The molecule has 0 saturated carbocycles. The zero-order valence-electron chi connectivity index (χ0n) is 10.4. The molecule has 0 bridgehead atoms. The maximum absolute atomic E-state index is 11.3. The maximum atomic E-state index is 11.3. The van der Waals surface area contributed by atoms with Gasteiger partial charge in [-0.3, -0.25) is 0 Å². The first-order valence-electron chi connectivity index (χ1n) is 5.98. The fraction of sp³-hybridized carbons (Fsp3) is 0.0667. The molecule has 0 saturated heterocycles. The third-order valence-corrected chi connectivity index (χ3v) is 3.39. The zero-order valence-corrected chi connectivity index (χ0v) is 10.4. The third kappa shape index (κ3) is 1.65. The molecule has 0 spiro atoms. The number of benzene rings is 2. The Morgan fingerprint density at radius 2 is 1.68 bits per heavy atom. The molecule has 2 aromatic carbocycles. The fourth-order valence-corrected chi connectivity index (χ4v) is 2.43. The molecule has 1 aliphatic heterocycles. The van der Waals surface area contributed by atoms with Gasteiger partial charge in [0, 0.05) is 18.2 Å². The summed E-state index contributed by atoms with van der Waals surface area (Å²) in [6.45, 7) is 0. The summed E-state index contributed by atoms with van der Waals surface area (Å²) in [6, 6.07) is 17.1. The molecule has 0 radical (unpaired) electrons. The summed E-state index contributed by atoms with van der Waals surface area (Å²) in [5.41, 5.74) is 2.61. The topological polar surface area (TPSA) is 49.7 Å². The van der Waals surface area contributed by atoms with Crippen LogP contribution in [0, 0.1) is 0 Å². The molecular weight excluding hydrogens is 240 g/mol.